The summed E-state index contributed by atoms with van der Waals surface area (Å²) in [5.41, 5.74) is 1.62. The van der Waals surface area contributed by atoms with Gasteiger partial charge in [0.05, 0.1) is 4.92 Å². The van der Waals surface area contributed by atoms with E-state index >= 15 is 0 Å². The number of nitrogens with zero attached hydrogens (tertiary/aromatic N) is 1. The zero-order valence-corrected chi connectivity index (χ0v) is 13.1. The normalized spacial score (nSPS) is 9.85. The molecule has 2 N–H and O–H groups in total. The van der Waals surface area contributed by atoms with Crippen LogP contribution < -0.4 is 10.6 Å². The van der Waals surface area contributed by atoms with E-state index in [1.54, 1.807) is 12.1 Å². The van der Waals surface area contributed by atoms with Crippen LogP contribution in [0.2, 0.25) is 0 Å². The summed E-state index contributed by atoms with van der Waals surface area (Å²) in [6.07, 6.45) is 0. The molecule has 0 spiro atoms. The lowest BCUT2D eigenvalue weighted by atomic mass is 10.3. The second kappa shape index (κ2) is 6.62. The topological polar surface area (TPSA) is 67.2 Å². The highest BCUT2D eigenvalue weighted by molar-refractivity contribution is 14.1. The monoisotopic (exact) mass is 399 g/mol. The SMILES string of the molecule is O=[N+]([O-])c1ccc(NC(=S)Nc2ccc(I)cc2)cc1. The molecule has 0 fully saturated rings. The van der Waals surface area contributed by atoms with Crippen molar-refractivity contribution < 1.29 is 4.92 Å². The highest BCUT2D eigenvalue weighted by atomic mass is 127. The van der Waals surface area contributed by atoms with Crippen molar-refractivity contribution in [3.63, 3.8) is 0 Å². The van der Waals surface area contributed by atoms with E-state index in [1.165, 1.54) is 12.1 Å². The molecule has 102 valence electrons. The van der Waals surface area contributed by atoms with Crippen molar-refractivity contribution in [2.24, 2.45) is 0 Å². The predicted molar refractivity (Wildman–Crippen MR) is 92.1 cm³/mol. The Kier molecular flexibility index (Phi) is 4.85. The molecule has 0 heterocycles. The molecule has 2 rings (SSSR count). The lowest BCUT2D eigenvalue weighted by molar-refractivity contribution is -0.384. The molecule has 2 aromatic carbocycles. The van der Waals surface area contributed by atoms with E-state index < -0.39 is 4.92 Å². The first-order chi connectivity index (χ1) is 9.54. The summed E-state index contributed by atoms with van der Waals surface area (Å²) in [5.74, 6) is 0. The minimum absolute atomic E-state index is 0.0482. The van der Waals surface area contributed by atoms with Gasteiger partial charge in [-0.3, -0.25) is 10.1 Å². The fraction of sp³-hybridized carbons (Fsp3) is 0. The molecule has 0 unspecified atom stereocenters. The van der Waals surface area contributed by atoms with Crippen LogP contribution in [0.5, 0.6) is 0 Å². The number of hydrogen-bond donors (Lipinski definition) is 2. The van der Waals surface area contributed by atoms with E-state index in [-0.39, 0.29) is 5.69 Å². The lowest BCUT2D eigenvalue weighted by Crippen LogP contribution is -2.18. The van der Waals surface area contributed by atoms with Crippen LogP contribution in [0.4, 0.5) is 17.1 Å². The van der Waals surface area contributed by atoms with E-state index in [4.69, 9.17) is 12.2 Å². The van der Waals surface area contributed by atoms with Crippen LogP contribution in [0.25, 0.3) is 0 Å². The molecule has 0 radical (unpaired) electrons. The Morgan fingerprint density at radius 3 is 1.90 bits per heavy atom. The summed E-state index contributed by atoms with van der Waals surface area (Å²) in [4.78, 5) is 10.1. The van der Waals surface area contributed by atoms with Gasteiger partial charge >= 0.3 is 0 Å². The third kappa shape index (κ3) is 4.14. The highest BCUT2D eigenvalue weighted by Gasteiger charge is 2.04. The van der Waals surface area contributed by atoms with E-state index in [2.05, 4.69) is 33.2 Å². The van der Waals surface area contributed by atoms with E-state index in [0.29, 0.717) is 10.8 Å². The average molecular weight is 399 g/mol. The van der Waals surface area contributed by atoms with Gasteiger partial charge in [0.1, 0.15) is 0 Å². The zero-order valence-electron chi connectivity index (χ0n) is 10.2. The van der Waals surface area contributed by atoms with Crippen molar-refractivity contribution in [1.29, 1.82) is 0 Å². The molecule has 20 heavy (non-hydrogen) atoms. The van der Waals surface area contributed by atoms with E-state index in [1.807, 2.05) is 24.3 Å². The molecule has 2 aromatic rings. The van der Waals surface area contributed by atoms with Gasteiger partial charge in [-0.25, -0.2) is 0 Å². The predicted octanol–water partition coefficient (Wildman–Crippen LogP) is 4.01. The number of halogens is 1. The number of benzene rings is 2. The molecular formula is C13H10IN3O2S. The van der Waals surface area contributed by atoms with Gasteiger partial charge in [0, 0.05) is 27.1 Å². The van der Waals surface area contributed by atoms with Gasteiger partial charge in [-0.05, 0) is 71.2 Å². The van der Waals surface area contributed by atoms with Crippen molar-refractivity contribution >= 4 is 57.0 Å². The van der Waals surface area contributed by atoms with Gasteiger partial charge in [-0.1, -0.05) is 0 Å². The van der Waals surface area contributed by atoms with Gasteiger partial charge in [0.25, 0.3) is 5.69 Å². The third-order valence-electron chi connectivity index (χ3n) is 2.44. The van der Waals surface area contributed by atoms with E-state index in [9.17, 15) is 10.1 Å². The van der Waals surface area contributed by atoms with Crippen LogP contribution in [-0.2, 0) is 0 Å². The Morgan fingerprint density at radius 1 is 1.00 bits per heavy atom. The molecule has 0 amide bonds. The van der Waals surface area contributed by atoms with Gasteiger partial charge < -0.3 is 10.6 Å². The first-order valence-electron chi connectivity index (χ1n) is 5.62. The molecule has 0 aromatic heterocycles. The standard InChI is InChI=1S/C13H10IN3O2S/c14-9-1-3-10(4-2-9)15-13(20)16-11-5-7-12(8-6-11)17(18)19/h1-8H,(H2,15,16,20). The number of anilines is 2. The van der Waals surface area contributed by atoms with Gasteiger partial charge in [-0.15, -0.1) is 0 Å². The van der Waals surface area contributed by atoms with Crippen LogP contribution in [-0.4, -0.2) is 10.0 Å². The maximum absolute atomic E-state index is 10.5. The molecule has 5 nitrogen and oxygen atoms in total. The van der Waals surface area contributed by atoms with Gasteiger partial charge in [-0.2, -0.15) is 0 Å². The quantitative estimate of drug-likeness (QED) is 0.354. The summed E-state index contributed by atoms with van der Waals surface area (Å²) in [6.45, 7) is 0. The lowest BCUT2D eigenvalue weighted by Gasteiger charge is -2.10. The summed E-state index contributed by atoms with van der Waals surface area (Å²) in [7, 11) is 0. The highest BCUT2D eigenvalue weighted by Crippen LogP contribution is 2.16. The fourth-order valence-electron chi connectivity index (χ4n) is 1.49. The van der Waals surface area contributed by atoms with Crippen LogP contribution in [0.3, 0.4) is 0 Å². The average Bonchev–Trinajstić information content (AvgIpc) is 2.42. The largest absolute Gasteiger partial charge is 0.332 e. The van der Waals surface area contributed by atoms with Crippen molar-refractivity contribution in [3.8, 4) is 0 Å². The minimum atomic E-state index is -0.439. The molecule has 0 aliphatic carbocycles. The molecule has 0 saturated carbocycles. The van der Waals surface area contributed by atoms with Crippen LogP contribution in [0.1, 0.15) is 0 Å². The van der Waals surface area contributed by atoms with Crippen molar-refractivity contribution in [3.05, 3.63) is 62.2 Å². The summed E-state index contributed by atoms with van der Waals surface area (Å²) in [6, 6.07) is 13.9. The maximum Gasteiger partial charge on any atom is 0.269 e. The number of nitro benzene ring substituents is 1. The number of nitrogens with one attached hydrogen (secondary N) is 2. The molecule has 0 bridgehead atoms. The minimum Gasteiger partial charge on any atom is -0.332 e. The number of rotatable bonds is 3. The summed E-state index contributed by atoms with van der Waals surface area (Å²) < 4.78 is 1.14. The Labute approximate surface area is 134 Å². The van der Waals surface area contributed by atoms with Crippen molar-refractivity contribution in [2.75, 3.05) is 10.6 Å². The Bertz CT molecular complexity index is 629. The first kappa shape index (κ1) is 14.7. The van der Waals surface area contributed by atoms with E-state index in [0.717, 1.165) is 9.26 Å². The maximum atomic E-state index is 10.5. The number of thiocarbonyl (C=S) groups is 1. The summed E-state index contributed by atoms with van der Waals surface area (Å²) >= 11 is 7.40. The first-order valence-corrected chi connectivity index (χ1v) is 7.11. The van der Waals surface area contributed by atoms with Crippen LogP contribution in [0, 0.1) is 13.7 Å². The van der Waals surface area contributed by atoms with Gasteiger partial charge in [0.2, 0.25) is 0 Å². The second-order valence-electron chi connectivity index (χ2n) is 3.89. The number of non-ortho nitro benzene ring substituents is 1. The second-order valence-corrected chi connectivity index (χ2v) is 5.54. The van der Waals surface area contributed by atoms with Crippen LogP contribution >= 0.6 is 34.8 Å². The number of nitro groups is 1. The summed E-state index contributed by atoms with van der Waals surface area (Å²) in [5, 5.41) is 17.0. The van der Waals surface area contributed by atoms with Crippen molar-refractivity contribution in [2.45, 2.75) is 0 Å². The van der Waals surface area contributed by atoms with Gasteiger partial charge in [0.15, 0.2) is 5.11 Å². The van der Waals surface area contributed by atoms with Crippen LogP contribution in [0.15, 0.2) is 48.5 Å². The Balaban J connectivity index is 1.97. The smallest absolute Gasteiger partial charge is 0.269 e. The molecule has 0 aliphatic rings. The molecular weight excluding hydrogens is 389 g/mol. The number of hydrogen-bond acceptors (Lipinski definition) is 3. The third-order valence-corrected chi connectivity index (χ3v) is 3.36. The molecule has 7 heteroatoms. The zero-order chi connectivity index (χ0) is 14.5. The molecule has 0 saturated heterocycles. The Morgan fingerprint density at radius 2 is 1.45 bits per heavy atom. The molecule has 0 aliphatic heterocycles. The van der Waals surface area contributed by atoms with Crippen molar-refractivity contribution in [1.82, 2.24) is 0 Å². The Hall–Kier alpha value is -1.74. The fourth-order valence-corrected chi connectivity index (χ4v) is 2.09. The molecule has 0 atom stereocenters.